The Morgan fingerprint density at radius 1 is 1.03 bits per heavy atom. The molecule has 0 aliphatic heterocycles. The first-order valence-electron chi connectivity index (χ1n) is 11.9. The quantitative estimate of drug-likeness (QED) is 0.252. The van der Waals surface area contributed by atoms with Crippen LogP contribution in [0.4, 0.5) is 5.00 Å². The first kappa shape index (κ1) is 22.3. The predicted octanol–water partition coefficient (Wildman–Crippen LogP) is 8.47. The molecule has 4 aromatic rings. The maximum absolute atomic E-state index is 5.89. The molecule has 5 rings (SSSR count). The molecule has 2 aromatic carbocycles. The highest BCUT2D eigenvalue weighted by Gasteiger charge is 2.24. The van der Waals surface area contributed by atoms with Gasteiger partial charge < -0.3 is 4.74 Å². The number of thiophene rings is 1. The summed E-state index contributed by atoms with van der Waals surface area (Å²) in [6, 6.07) is 16.8. The molecule has 0 radical (unpaired) electrons. The molecule has 170 valence electrons. The van der Waals surface area contributed by atoms with E-state index in [0.29, 0.717) is 5.92 Å². The van der Waals surface area contributed by atoms with Crippen LogP contribution in [0.1, 0.15) is 56.0 Å². The lowest BCUT2D eigenvalue weighted by molar-refractivity contribution is 0.289. The van der Waals surface area contributed by atoms with E-state index in [9.17, 15) is 0 Å². The number of ether oxygens (including phenoxy) is 1. The Labute approximate surface area is 204 Å². The first-order valence-corrected chi connectivity index (χ1v) is 13.5. The van der Waals surface area contributed by atoms with E-state index in [1.54, 1.807) is 11.3 Å². The van der Waals surface area contributed by atoms with E-state index in [4.69, 9.17) is 14.7 Å². The standard InChI is InChI=1S/C28H30N2OS2/c1-18(2)16-17-31-21-14-12-20(13-15-21)19(3)29-27-26(22-8-4-6-10-24(22)32-27)28-30-23-9-5-7-11-25(23)33-28/h5,7,9,11-15,18H,4,6,8,10,16-17H2,1-3H3/b29-19+. The van der Waals surface area contributed by atoms with Crippen LogP contribution in [0.2, 0.25) is 0 Å². The van der Waals surface area contributed by atoms with Gasteiger partial charge >= 0.3 is 0 Å². The number of aryl methyl sites for hydroxylation is 1. The molecule has 3 nitrogen and oxygen atoms in total. The van der Waals surface area contributed by atoms with Crippen molar-refractivity contribution in [3.63, 3.8) is 0 Å². The minimum atomic E-state index is 0.653. The van der Waals surface area contributed by atoms with Gasteiger partial charge in [-0.1, -0.05) is 26.0 Å². The largest absolute Gasteiger partial charge is 0.494 e. The zero-order valence-corrected chi connectivity index (χ0v) is 21.2. The van der Waals surface area contributed by atoms with E-state index in [1.165, 1.54) is 33.5 Å². The summed E-state index contributed by atoms with van der Waals surface area (Å²) in [5.41, 5.74) is 5.99. The van der Waals surface area contributed by atoms with Crippen molar-refractivity contribution < 1.29 is 4.74 Å². The van der Waals surface area contributed by atoms with E-state index in [1.807, 2.05) is 11.3 Å². The number of fused-ring (bicyclic) bond motifs is 2. The van der Waals surface area contributed by atoms with Crippen LogP contribution in [0.15, 0.2) is 53.5 Å². The van der Waals surface area contributed by atoms with Gasteiger partial charge in [0.15, 0.2) is 0 Å². The number of benzene rings is 2. The summed E-state index contributed by atoms with van der Waals surface area (Å²) in [5.74, 6) is 1.58. The summed E-state index contributed by atoms with van der Waals surface area (Å²) >= 11 is 3.65. The van der Waals surface area contributed by atoms with E-state index >= 15 is 0 Å². The Hall–Kier alpha value is -2.50. The van der Waals surface area contributed by atoms with E-state index in [-0.39, 0.29) is 0 Å². The average Bonchev–Trinajstić information content (AvgIpc) is 3.39. The fourth-order valence-corrected chi connectivity index (χ4v) is 6.67. The molecule has 0 fully saturated rings. The topological polar surface area (TPSA) is 34.5 Å². The summed E-state index contributed by atoms with van der Waals surface area (Å²) in [6.07, 6.45) is 5.89. The van der Waals surface area contributed by atoms with Gasteiger partial charge in [-0.3, -0.25) is 0 Å². The molecule has 0 spiro atoms. The van der Waals surface area contributed by atoms with Crippen LogP contribution in [0.5, 0.6) is 5.75 Å². The summed E-state index contributed by atoms with van der Waals surface area (Å²) in [6.45, 7) is 7.31. The van der Waals surface area contributed by atoms with E-state index in [0.717, 1.165) is 58.4 Å². The van der Waals surface area contributed by atoms with Crippen LogP contribution in [-0.4, -0.2) is 17.3 Å². The second-order valence-corrected chi connectivity index (χ2v) is 11.2. The summed E-state index contributed by atoms with van der Waals surface area (Å²) in [4.78, 5) is 11.6. The van der Waals surface area contributed by atoms with Crippen LogP contribution in [0, 0.1) is 5.92 Å². The Balaban J connectivity index is 1.47. The fraction of sp³-hybridized carbons (Fsp3) is 0.357. The lowest BCUT2D eigenvalue weighted by Crippen LogP contribution is -2.01. The summed E-state index contributed by atoms with van der Waals surface area (Å²) in [7, 11) is 0. The maximum Gasteiger partial charge on any atom is 0.127 e. The van der Waals surface area contributed by atoms with Crippen LogP contribution in [-0.2, 0) is 12.8 Å². The molecule has 0 unspecified atom stereocenters. The van der Waals surface area contributed by atoms with Crippen LogP contribution >= 0.6 is 22.7 Å². The molecule has 5 heteroatoms. The number of hydrogen-bond donors (Lipinski definition) is 0. The Bertz CT molecular complexity index is 1250. The lowest BCUT2D eigenvalue weighted by atomic mass is 9.96. The zero-order valence-electron chi connectivity index (χ0n) is 19.6. The smallest absolute Gasteiger partial charge is 0.127 e. The van der Waals surface area contributed by atoms with Crippen molar-refractivity contribution in [2.75, 3.05) is 6.61 Å². The second kappa shape index (κ2) is 9.78. The van der Waals surface area contributed by atoms with Crippen LogP contribution < -0.4 is 4.74 Å². The summed E-state index contributed by atoms with van der Waals surface area (Å²) in [5, 5.41) is 2.21. The highest BCUT2D eigenvalue weighted by atomic mass is 32.1. The monoisotopic (exact) mass is 474 g/mol. The molecule has 33 heavy (non-hydrogen) atoms. The average molecular weight is 475 g/mol. The van der Waals surface area contributed by atoms with Crippen molar-refractivity contribution in [2.24, 2.45) is 10.9 Å². The van der Waals surface area contributed by atoms with Gasteiger partial charge in [0.25, 0.3) is 0 Å². The Morgan fingerprint density at radius 3 is 2.61 bits per heavy atom. The number of thiazole rings is 1. The molecule has 0 amide bonds. The molecular formula is C28H30N2OS2. The third-order valence-corrected chi connectivity index (χ3v) is 8.41. The van der Waals surface area contributed by atoms with Crippen molar-refractivity contribution in [2.45, 2.75) is 52.9 Å². The minimum Gasteiger partial charge on any atom is -0.494 e. The number of aliphatic imine (C=N–C) groups is 1. The van der Waals surface area contributed by atoms with Crippen molar-refractivity contribution >= 4 is 43.6 Å². The number of hydrogen-bond acceptors (Lipinski definition) is 5. The highest BCUT2D eigenvalue weighted by Crippen LogP contribution is 2.47. The van der Waals surface area contributed by atoms with E-state index in [2.05, 4.69) is 69.3 Å². The van der Waals surface area contributed by atoms with Crippen LogP contribution in [0.3, 0.4) is 0 Å². The van der Waals surface area contributed by atoms with Crippen molar-refractivity contribution in [3.8, 4) is 16.3 Å². The van der Waals surface area contributed by atoms with Gasteiger partial charge in [-0.15, -0.1) is 22.7 Å². The summed E-state index contributed by atoms with van der Waals surface area (Å²) < 4.78 is 7.12. The van der Waals surface area contributed by atoms with Crippen molar-refractivity contribution in [1.82, 2.24) is 4.98 Å². The Morgan fingerprint density at radius 2 is 1.82 bits per heavy atom. The van der Waals surface area contributed by atoms with Crippen LogP contribution in [0.25, 0.3) is 20.8 Å². The van der Waals surface area contributed by atoms with Gasteiger partial charge in [-0.05, 0) is 92.5 Å². The Kier molecular flexibility index (Phi) is 6.61. The van der Waals surface area contributed by atoms with Crippen molar-refractivity contribution in [1.29, 1.82) is 0 Å². The molecule has 0 saturated carbocycles. The fourth-order valence-electron chi connectivity index (χ4n) is 4.25. The third-order valence-electron chi connectivity index (χ3n) is 6.17. The number of rotatable bonds is 7. The van der Waals surface area contributed by atoms with Gasteiger partial charge in [0, 0.05) is 10.6 Å². The first-order chi connectivity index (χ1) is 16.1. The lowest BCUT2D eigenvalue weighted by Gasteiger charge is -2.11. The number of aromatic nitrogens is 1. The second-order valence-electron chi connectivity index (χ2n) is 9.13. The normalized spacial score (nSPS) is 14.1. The molecule has 0 N–H and O–H groups in total. The number of para-hydroxylation sites is 1. The molecule has 2 aromatic heterocycles. The molecule has 2 heterocycles. The molecule has 0 bridgehead atoms. The zero-order chi connectivity index (χ0) is 22.8. The van der Waals surface area contributed by atoms with Gasteiger partial charge in [0.1, 0.15) is 15.8 Å². The molecular weight excluding hydrogens is 444 g/mol. The van der Waals surface area contributed by atoms with Gasteiger partial charge in [0.05, 0.1) is 22.4 Å². The van der Waals surface area contributed by atoms with Crippen molar-refractivity contribution in [3.05, 3.63) is 64.5 Å². The highest BCUT2D eigenvalue weighted by molar-refractivity contribution is 7.22. The predicted molar refractivity (Wildman–Crippen MR) is 143 cm³/mol. The SMILES string of the molecule is C/C(=N\c1sc2c(c1-c1nc3ccccc3s1)CCCC2)c1ccc(OCCC(C)C)cc1. The minimum absolute atomic E-state index is 0.653. The molecule has 0 atom stereocenters. The third kappa shape index (κ3) is 4.90. The molecule has 1 aliphatic carbocycles. The van der Waals surface area contributed by atoms with Gasteiger partial charge in [-0.25, -0.2) is 9.98 Å². The van der Waals surface area contributed by atoms with Gasteiger partial charge in [0.2, 0.25) is 0 Å². The maximum atomic E-state index is 5.89. The molecule has 0 saturated heterocycles. The van der Waals surface area contributed by atoms with E-state index < -0.39 is 0 Å². The number of nitrogens with zero attached hydrogens (tertiary/aromatic N) is 2. The van der Waals surface area contributed by atoms with Gasteiger partial charge in [-0.2, -0.15) is 0 Å². The molecule has 1 aliphatic rings.